The van der Waals surface area contributed by atoms with Gasteiger partial charge in [0.15, 0.2) is 5.75 Å². The summed E-state index contributed by atoms with van der Waals surface area (Å²) in [5, 5.41) is 1.12. The van der Waals surface area contributed by atoms with E-state index in [4.69, 9.17) is 27.9 Å². The number of pyridine rings is 1. The zero-order chi connectivity index (χ0) is 13.8. The highest BCUT2D eigenvalue weighted by Crippen LogP contribution is 2.21. The molecular weight excluding hydrogens is 285 g/mol. The van der Waals surface area contributed by atoms with E-state index in [0.717, 1.165) is 5.56 Å². The van der Waals surface area contributed by atoms with Gasteiger partial charge in [-0.1, -0.05) is 29.3 Å². The van der Waals surface area contributed by atoms with Gasteiger partial charge in [-0.25, -0.2) is 0 Å². The zero-order valence-electron chi connectivity index (χ0n) is 10.4. The summed E-state index contributed by atoms with van der Waals surface area (Å²) in [6.07, 6.45) is 1.70. The van der Waals surface area contributed by atoms with Gasteiger partial charge in [0.05, 0.1) is 13.2 Å². The van der Waals surface area contributed by atoms with Gasteiger partial charge in [0.25, 0.3) is 5.56 Å². The summed E-state index contributed by atoms with van der Waals surface area (Å²) in [6, 6.07) is 8.66. The normalized spacial score (nSPS) is 10.5. The molecule has 19 heavy (non-hydrogen) atoms. The third-order valence-electron chi connectivity index (χ3n) is 2.64. The fourth-order valence-electron chi connectivity index (χ4n) is 1.74. The summed E-state index contributed by atoms with van der Waals surface area (Å²) >= 11 is 11.9. The zero-order valence-corrected chi connectivity index (χ0v) is 11.9. The van der Waals surface area contributed by atoms with Crippen LogP contribution in [-0.2, 0) is 6.54 Å². The molecular formula is C14H13Cl2NO2. The quantitative estimate of drug-likeness (QED) is 0.863. The number of nitrogens with zero attached hydrogens (tertiary/aromatic N) is 1. The molecule has 100 valence electrons. The molecule has 0 spiro atoms. The van der Waals surface area contributed by atoms with Crippen LogP contribution in [-0.4, -0.2) is 11.2 Å². The maximum absolute atomic E-state index is 12.1. The monoisotopic (exact) mass is 297 g/mol. The molecule has 5 heteroatoms. The van der Waals surface area contributed by atoms with Crippen LogP contribution in [0.25, 0.3) is 0 Å². The number of benzene rings is 1. The predicted octanol–water partition coefficient (Wildman–Crippen LogP) is 3.60. The van der Waals surface area contributed by atoms with Crippen LogP contribution in [0.15, 0.2) is 41.3 Å². The second-order valence-corrected chi connectivity index (χ2v) is 4.82. The summed E-state index contributed by atoms with van der Waals surface area (Å²) in [5.74, 6) is 0.343. The minimum absolute atomic E-state index is 0.171. The van der Waals surface area contributed by atoms with Crippen molar-refractivity contribution in [2.75, 3.05) is 6.61 Å². The molecule has 0 atom stereocenters. The van der Waals surface area contributed by atoms with Gasteiger partial charge in [-0.05, 0) is 36.8 Å². The molecule has 1 aromatic heterocycles. The molecule has 2 rings (SSSR count). The van der Waals surface area contributed by atoms with Gasteiger partial charge in [0.2, 0.25) is 0 Å². The van der Waals surface area contributed by atoms with Gasteiger partial charge < -0.3 is 9.30 Å². The summed E-state index contributed by atoms with van der Waals surface area (Å²) in [4.78, 5) is 12.1. The van der Waals surface area contributed by atoms with Crippen molar-refractivity contribution in [3.05, 3.63) is 62.5 Å². The van der Waals surface area contributed by atoms with Gasteiger partial charge >= 0.3 is 0 Å². The molecule has 1 aromatic carbocycles. The highest BCUT2D eigenvalue weighted by Gasteiger charge is 2.07. The first kappa shape index (κ1) is 14.0. The molecule has 1 heterocycles. The Bertz CT molecular complexity index is 638. The molecule has 0 aliphatic heterocycles. The van der Waals surface area contributed by atoms with E-state index in [0.29, 0.717) is 28.9 Å². The van der Waals surface area contributed by atoms with Crippen molar-refractivity contribution in [1.82, 2.24) is 4.57 Å². The van der Waals surface area contributed by atoms with Crippen molar-refractivity contribution in [2.24, 2.45) is 0 Å². The SMILES string of the molecule is CCOc1cccn(Cc2ccc(Cl)cc2Cl)c1=O. The van der Waals surface area contributed by atoms with Crippen molar-refractivity contribution < 1.29 is 4.74 Å². The molecule has 0 saturated heterocycles. The van der Waals surface area contributed by atoms with Gasteiger partial charge in [0.1, 0.15) is 0 Å². The third kappa shape index (κ3) is 3.31. The molecule has 0 unspecified atom stereocenters. The number of rotatable bonds is 4. The fourth-order valence-corrected chi connectivity index (χ4v) is 2.21. The average molecular weight is 298 g/mol. The van der Waals surface area contributed by atoms with Gasteiger partial charge in [-0.3, -0.25) is 4.79 Å². The summed E-state index contributed by atoms with van der Waals surface area (Å²) in [5.41, 5.74) is 0.664. The number of ether oxygens (including phenoxy) is 1. The summed E-state index contributed by atoms with van der Waals surface area (Å²) in [7, 11) is 0. The molecule has 0 aliphatic rings. The molecule has 0 radical (unpaired) electrons. The molecule has 0 bridgehead atoms. The molecule has 0 fully saturated rings. The Kier molecular flexibility index (Phi) is 4.51. The number of hydrogen-bond donors (Lipinski definition) is 0. The lowest BCUT2D eigenvalue weighted by Gasteiger charge is -2.10. The fraction of sp³-hybridized carbons (Fsp3) is 0.214. The van der Waals surface area contributed by atoms with Crippen LogP contribution in [0, 0.1) is 0 Å². The lowest BCUT2D eigenvalue weighted by atomic mass is 10.2. The van der Waals surface area contributed by atoms with Crippen molar-refractivity contribution in [3.63, 3.8) is 0 Å². The Morgan fingerprint density at radius 2 is 2.05 bits per heavy atom. The van der Waals surface area contributed by atoms with Crippen LogP contribution in [0.4, 0.5) is 0 Å². The van der Waals surface area contributed by atoms with E-state index in [-0.39, 0.29) is 5.56 Å². The molecule has 0 amide bonds. The number of halogens is 2. The minimum Gasteiger partial charge on any atom is -0.488 e. The summed E-state index contributed by atoms with van der Waals surface area (Å²) in [6.45, 7) is 2.68. The van der Waals surface area contributed by atoms with Crippen molar-refractivity contribution in [2.45, 2.75) is 13.5 Å². The first-order chi connectivity index (χ1) is 9.11. The molecule has 0 saturated carbocycles. The number of hydrogen-bond acceptors (Lipinski definition) is 2. The van der Waals surface area contributed by atoms with E-state index < -0.39 is 0 Å². The average Bonchev–Trinajstić information content (AvgIpc) is 2.37. The topological polar surface area (TPSA) is 31.2 Å². The largest absolute Gasteiger partial charge is 0.488 e. The first-order valence-corrected chi connectivity index (χ1v) is 6.63. The van der Waals surface area contributed by atoms with Gasteiger partial charge in [0, 0.05) is 16.2 Å². The van der Waals surface area contributed by atoms with Crippen LogP contribution in [0.3, 0.4) is 0 Å². The second-order valence-electron chi connectivity index (χ2n) is 3.97. The lowest BCUT2D eigenvalue weighted by Crippen LogP contribution is -2.21. The standard InChI is InChI=1S/C14H13Cl2NO2/c1-2-19-13-4-3-7-17(14(13)18)9-10-5-6-11(15)8-12(10)16/h3-8H,2,9H2,1H3. The van der Waals surface area contributed by atoms with E-state index in [9.17, 15) is 4.79 Å². The van der Waals surface area contributed by atoms with Crippen LogP contribution >= 0.6 is 23.2 Å². The van der Waals surface area contributed by atoms with E-state index in [1.165, 1.54) is 0 Å². The van der Waals surface area contributed by atoms with Crippen LogP contribution in [0.1, 0.15) is 12.5 Å². The molecule has 2 aromatic rings. The van der Waals surface area contributed by atoms with E-state index >= 15 is 0 Å². The maximum Gasteiger partial charge on any atom is 0.293 e. The van der Waals surface area contributed by atoms with Gasteiger partial charge in [-0.2, -0.15) is 0 Å². The van der Waals surface area contributed by atoms with Crippen LogP contribution < -0.4 is 10.3 Å². The Morgan fingerprint density at radius 3 is 2.74 bits per heavy atom. The lowest BCUT2D eigenvalue weighted by molar-refractivity contribution is 0.332. The third-order valence-corrected chi connectivity index (χ3v) is 3.23. The Hall–Kier alpha value is -1.45. The highest BCUT2D eigenvalue weighted by molar-refractivity contribution is 6.35. The van der Waals surface area contributed by atoms with E-state index in [1.54, 1.807) is 35.0 Å². The van der Waals surface area contributed by atoms with Crippen molar-refractivity contribution in [3.8, 4) is 5.75 Å². The molecule has 3 nitrogen and oxygen atoms in total. The Balaban J connectivity index is 2.33. The maximum atomic E-state index is 12.1. The predicted molar refractivity (Wildman–Crippen MR) is 77.4 cm³/mol. The van der Waals surface area contributed by atoms with E-state index in [2.05, 4.69) is 0 Å². The smallest absolute Gasteiger partial charge is 0.293 e. The second kappa shape index (κ2) is 6.13. The highest BCUT2D eigenvalue weighted by atomic mass is 35.5. The van der Waals surface area contributed by atoms with Crippen LogP contribution in [0.5, 0.6) is 5.75 Å². The summed E-state index contributed by atoms with van der Waals surface area (Å²) < 4.78 is 6.83. The first-order valence-electron chi connectivity index (χ1n) is 5.88. The molecule has 0 N–H and O–H groups in total. The Morgan fingerprint density at radius 1 is 1.26 bits per heavy atom. The minimum atomic E-state index is -0.171. The van der Waals surface area contributed by atoms with Crippen molar-refractivity contribution in [1.29, 1.82) is 0 Å². The van der Waals surface area contributed by atoms with Gasteiger partial charge in [-0.15, -0.1) is 0 Å². The van der Waals surface area contributed by atoms with E-state index in [1.807, 2.05) is 13.0 Å². The van der Waals surface area contributed by atoms with Crippen molar-refractivity contribution >= 4 is 23.2 Å². The molecule has 0 aliphatic carbocycles. The van der Waals surface area contributed by atoms with Crippen LogP contribution in [0.2, 0.25) is 10.0 Å². The Labute approximate surface area is 121 Å². The number of aromatic nitrogens is 1.